The van der Waals surface area contributed by atoms with E-state index in [9.17, 15) is 4.79 Å². The lowest BCUT2D eigenvalue weighted by Gasteiger charge is -2.15. The highest BCUT2D eigenvalue weighted by Crippen LogP contribution is 2.24. The van der Waals surface area contributed by atoms with Gasteiger partial charge in [-0.1, -0.05) is 35.8 Å². The van der Waals surface area contributed by atoms with Crippen molar-refractivity contribution in [1.29, 1.82) is 0 Å². The third-order valence-electron chi connectivity index (χ3n) is 3.63. The van der Waals surface area contributed by atoms with E-state index in [0.29, 0.717) is 48.5 Å². The molecular formula is C21H25BrN2O4S. The Labute approximate surface area is 185 Å². The van der Waals surface area contributed by atoms with E-state index in [1.165, 1.54) is 0 Å². The molecule has 6 nitrogen and oxygen atoms in total. The van der Waals surface area contributed by atoms with Crippen molar-refractivity contribution >= 4 is 44.9 Å². The summed E-state index contributed by atoms with van der Waals surface area (Å²) in [4.78, 5) is 12.7. The summed E-state index contributed by atoms with van der Waals surface area (Å²) in [5.74, 6) is 1.18. The predicted octanol–water partition coefficient (Wildman–Crippen LogP) is 4.64. The van der Waals surface area contributed by atoms with Crippen molar-refractivity contribution in [3.63, 3.8) is 0 Å². The maximum atomic E-state index is 12.7. The Morgan fingerprint density at radius 2 is 1.93 bits per heavy atom. The monoisotopic (exact) mass is 480 g/mol. The molecule has 2 rings (SSSR count). The van der Waals surface area contributed by atoms with E-state index in [4.69, 9.17) is 26.4 Å². The van der Waals surface area contributed by atoms with Crippen LogP contribution in [-0.2, 0) is 4.74 Å². The van der Waals surface area contributed by atoms with Gasteiger partial charge in [-0.3, -0.25) is 10.1 Å². The van der Waals surface area contributed by atoms with Crippen molar-refractivity contribution in [3.05, 3.63) is 52.5 Å². The first-order valence-electron chi connectivity index (χ1n) is 9.15. The molecule has 0 aromatic heterocycles. The number of anilines is 1. The number of carbonyl (C=O) groups is 1. The van der Waals surface area contributed by atoms with Crippen LogP contribution in [0.5, 0.6) is 11.5 Å². The van der Waals surface area contributed by atoms with Gasteiger partial charge in [0.2, 0.25) is 0 Å². The van der Waals surface area contributed by atoms with Gasteiger partial charge in [-0.15, -0.1) is 0 Å². The molecule has 0 fully saturated rings. The standard InChI is InChI=1S/C21H25BrN2O4S/c1-14(2)13-28-19-8-7-15(22)11-18(19)20(25)24-21(29)23-16-5-4-6-17(12-16)27-10-9-26-3/h4-8,11-12,14H,9-10,13H2,1-3H3,(H2,23,24,25,29). The largest absolute Gasteiger partial charge is 0.492 e. The average molecular weight is 481 g/mol. The highest BCUT2D eigenvalue weighted by atomic mass is 79.9. The summed E-state index contributed by atoms with van der Waals surface area (Å²) in [5.41, 5.74) is 1.11. The third kappa shape index (κ3) is 8.00. The van der Waals surface area contributed by atoms with Gasteiger partial charge in [0.25, 0.3) is 5.91 Å². The highest BCUT2D eigenvalue weighted by Gasteiger charge is 2.15. The summed E-state index contributed by atoms with van der Waals surface area (Å²) in [6.07, 6.45) is 0. The molecule has 0 aliphatic carbocycles. The van der Waals surface area contributed by atoms with Gasteiger partial charge >= 0.3 is 0 Å². The van der Waals surface area contributed by atoms with Crippen LogP contribution in [-0.4, -0.2) is 38.0 Å². The molecule has 0 radical (unpaired) electrons. The lowest BCUT2D eigenvalue weighted by molar-refractivity contribution is 0.0973. The van der Waals surface area contributed by atoms with Gasteiger partial charge in [-0.2, -0.15) is 0 Å². The molecule has 2 aromatic rings. The number of halogens is 1. The lowest BCUT2D eigenvalue weighted by Crippen LogP contribution is -2.34. The number of methoxy groups -OCH3 is 1. The smallest absolute Gasteiger partial charge is 0.261 e. The van der Waals surface area contributed by atoms with Crippen LogP contribution in [0.25, 0.3) is 0 Å². The number of thiocarbonyl (C=S) groups is 1. The molecule has 2 N–H and O–H groups in total. The Morgan fingerprint density at radius 1 is 1.14 bits per heavy atom. The molecular weight excluding hydrogens is 456 g/mol. The Kier molecular flexibility index (Phi) is 9.37. The zero-order chi connectivity index (χ0) is 21.2. The number of benzene rings is 2. The highest BCUT2D eigenvalue weighted by molar-refractivity contribution is 9.10. The van der Waals surface area contributed by atoms with Crippen molar-refractivity contribution in [3.8, 4) is 11.5 Å². The van der Waals surface area contributed by atoms with Gasteiger partial charge in [-0.05, 0) is 48.5 Å². The van der Waals surface area contributed by atoms with E-state index in [2.05, 4.69) is 26.6 Å². The van der Waals surface area contributed by atoms with E-state index in [0.717, 1.165) is 4.47 Å². The zero-order valence-electron chi connectivity index (χ0n) is 16.7. The van der Waals surface area contributed by atoms with Crippen molar-refractivity contribution in [2.45, 2.75) is 13.8 Å². The maximum absolute atomic E-state index is 12.7. The molecule has 0 saturated carbocycles. The number of ether oxygens (including phenoxy) is 3. The van der Waals surface area contributed by atoms with Crippen LogP contribution in [0.15, 0.2) is 46.9 Å². The number of nitrogens with one attached hydrogen (secondary N) is 2. The van der Waals surface area contributed by atoms with E-state index in [-0.39, 0.29) is 11.0 Å². The Balaban J connectivity index is 2.01. The second kappa shape index (κ2) is 11.7. The summed E-state index contributed by atoms with van der Waals surface area (Å²) in [7, 11) is 1.62. The summed E-state index contributed by atoms with van der Waals surface area (Å²) in [6.45, 7) is 5.55. The summed E-state index contributed by atoms with van der Waals surface area (Å²) in [6, 6.07) is 12.6. The van der Waals surface area contributed by atoms with Crippen molar-refractivity contribution < 1.29 is 19.0 Å². The quantitative estimate of drug-likeness (QED) is 0.402. The normalized spacial score (nSPS) is 10.5. The van der Waals surface area contributed by atoms with Gasteiger partial charge in [0.05, 0.1) is 18.8 Å². The third-order valence-corrected chi connectivity index (χ3v) is 4.33. The SMILES string of the molecule is COCCOc1cccc(NC(=S)NC(=O)c2cc(Br)ccc2OCC(C)C)c1. The second-order valence-corrected chi connectivity index (χ2v) is 7.95. The first-order valence-corrected chi connectivity index (χ1v) is 10.4. The van der Waals surface area contributed by atoms with Crippen molar-refractivity contribution in [2.75, 3.05) is 32.2 Å². The van der Waals surface area contributed by atoms with Crippen LogP contribution in [0.2, 0.25) is 0 Å². The molecule has 156 valence electrons. The Hall–Kier alpha value is -2.16. The van der Waals surface area contributed by atoms with Crippen LogP contribution in [0.3, 0.4) is 0 Å². The molecule has 29 heavy (non-hydrogen) atoms. The van der Waals surface area contributed by atoms with Crippen molar-refractivity contribution in [2.24, 2.45) is 5.92 Å². The summed E-state index contributed by atoms with van der Waals surface area (Å²) < 4.78 is 17.1. The minimum absolute atomic E-state index is 0.179. The molecule has 0 saturated heterocycles. The van der Waals surface area contributed by atoms with Gasteiger partial charge in [0.15, 0.2) is 5.11 Å². The average Bonchev–Trinajstić information content (AvgIpc) is 2.67. The fourth-order valence-electron chi connectivity index (χ4n) is 2.30. The first kappa shape index (κ1) is 23.1. The molecule has 0 bridgehead atoms. The van der Waals surface area contributed by atoms with Gasteiger partial charge in [0.1, 0.15) is 18.1 Å². The number of rotatable bonds is 9. The number of amides is 1. The molecule has 0 atom stereocenters. The molecule has 8 heteroatoms. The Bertz CT molecular complexity index is 845. The topological polar surface area (TPSA) is 68.8 Å². The van der Waals surface area contributed by atoms with E-state index >= 15 is 0 Å². The van der Waals surface area contributed by atoms with Gasteiger partial charge < -0.3 is 19.5 Å². The number of hydrogen-bond acceptors (Lipinski definition) is 5. The fourth-order valence-corrected chi connectivity index (χ4v) is 2.87. The fraction of sp³-hybridized carbons (Fsp3) is 0.333. The molecule has 0 aliphatic rings. The molecule has 0 heterocycles. The zero-order valence-corrected chi connectivity index (χ0v) is 19.1. The minimum Gasteiger partial charge on any atom is -0.492 e. The molecule has 0 unspecified atom stereocenters. The molecule has 1 amide bonds. The van der Waals surface area contributed by atoms with Crippen molar-refractivity contribution in [1.82, 2.24) is 5.32 Å². The van der Waals surface area contributed by atoms with Crippen LogP contribution in [0.1, 0.15) is 24.2 Å². The Morgan fingerprint density at radius 3 is 2.66 bits per heavy atom. The maximum Gasteiger partial charge on any atom is 0.261 e. The number of carbonyl (C=O) groups excluding carboxylic acids is 1. The van der Waals surface area contributed by atoms with E-state index in [1.54, 1.807) is 25.3 Å². The van der Waals surface area contributed by atoms with Gasteiger partial charge in [-0.25, -0.2) is 0 Å². The molecule has 0 aliphatic heterocycles. The second-order valence-electron chi connectivity index (χ2n) is 6.62. The lowest BCUT2D eigenvalue weighted by atomic mass is 10.2. The number of hydrogen-bond donors (Lipinski definition) is 2. The van der Waals surface area contributed by atoms with E-state index < -0.39 is 0 Å². The first-order chi connectivity index (χ1) is 13.9. The minimum atomic E-state index is -0.352. The van der Waals surface area contributed by atoms with Crippen LogP contribution < -0.4 is 20.1 Å². The van der Waals surface area contributed by atoms with Crippen LogP contribution in [0, 0.1) is 5.92 Å². The van der Waals surface area contributed by atoms with Crippen LogP contribution in [0.4, 0.5) is 5.69 Å². The van der Waals surface area contributed by atoms with Crippen LogP contribution >= 0.6 is 28.1 Å². The summed E-state index contributed by atoms with van der Waals surface area (Å²) in [5, 5.41) is 5.86. The van der Waals surface area contributed by atoms with E-state index in [1.807, 2.05) is 38.1 Å². The molecule has 0 spiro atoms. The predicted molar refractivity (Wildman–Crippen MR) is 122 cm³/mol. The summed E-state index contributed by atoms with van der Waals surface area (Å²) >= 11 is 8.68. The van der Waals surface area contributed by atoms with Gasteiger partial charge in [0, 0.05) is 23.3 Å². The molecule has 2 aromatic carbocycles.